The summed E-state index contributed by atoms with van der Waals surface area (Å²) in [6.07, 6.45) is -4.11. The van der Waals surface area contributed by atoms with E-state index in [1.54, 1.807) is 31.2 Å². The molecule has 8 nitrogen and oxygen atoms in total. The van der Waals surface area contributed by atoms with Gasteiger partial charge < -0.3 is 29.5 Å². The number of amides is 2. The van der Waals surface area contributed by atoms with Crippen LogP contribution in [0.5, 0.6) is 11.5 Å². The van der Waals surface area contributed by atoms with Gasteiger partial charge in [0.2, 0.25) is 0 Å². The van der Waals surface area contributed by atoms with Gasteiger partial charge in [-0.1, -0.05) is 30.3 Å². The third-order valence-corrected chi connectivity index (χ3v) is 5.18. The number of carboxylic acids is 1. The zero-order valence-electron chi connectivity index (χ0n) is 20.7. The van der Waals surface area contributed by atoms with Crippen molar-refractivity contribution in [2.75, 3.05) is 39.5 Å². The average molecular weight is 527 g/mol. The molecule has 0 spiro atoms. The highest BCUT2D eigenvalue weighted by molar-refractivity contribution is 5.74. The summed E-state index contributed by atoms with van der Waals surface area (Å²) in [4.78, 5) is 24.9. The van der Waals surface area contributed by atoms with Crippen LogP contribution in [-0.4, -0.2) is 73.7 Å². The molecule has 0 aliphatic rings. The summed E-state index contributed by atoms with van der Waals surface area (Å²) in [5.74, 6) is 0.162. The number of ether oxygens (including phenoxy) is 3. The van der Waals surface area contributed by atoms with Gasteiger partial charge in [-0.25, -0.2) is 9.59 Å². The predicted molar refractivity (Wildman–Crippen MR) is 131 cm³/mol. The maximum Gasteiger partial charge on any atom is 0.405 e. The molecule has 11 heteroatoms. The fraction of sp³-hybridized carbons (Fsp3) is 0.462. The van der Waals surface area contributed by atoms with Gasteiger partial charge in [-0.05, 0) is 49.6 Å². The molecule has 1 unspecified atom stereocenters. The second-order valence-corrected chi connectivity index (χ2v) is 8.11. The van der Waals surface area contributed by atoms with E-state index in [-0.39, 0.29) is 32.7 Å². The highest BCUT2D eigenvalue weighted by atomic mass is 19.4. The molecule has 0 saturated carbocycles. The summed E-state index contributed by atoms with van der Waals surface area (Å²) in [5, 5.41) is 11.1. The van der Waals surface area contributed by atoms with E-state index in [0.717, 1.165) is 11.3 Å². The molecule has 2 aromatic carbocycles. The minimum absolute atomic E-state index is 0.0655. The van der Waals surface area contributed by atoms with Crippen molar-refractivity contribution in [3.8, 4) is 11.5 Å². The van der Waals surface area contributed by atoms with Crippen LogP contribution in [0, 0.1) is 0 Å². The Kier molecular flexibility index (Phi) is 12.5. The molecule has 0 saturated heterocycles. The van der Waals surface area contributed by atoms with Gasteiger partial charge >= 0.3 is 18.2 Å². The minimum atomic E-state index is -4.51. The van der Waals surface area contributed by atoms with Gasteiger partial charge in [0.25, 0.3) is 0 Å². The number of nitrogens with one attached hydrogen (secondary N) is 1. The Labute approximate surface area is 214 Å². The van der Waals surface area contributed by atoms with Crippen LogP contribution in [0.2, 0.25) is 0 Å². The number of carbonyl (C=O) groups excluding carboxylic acids is 1. The summed E-state index contributed by atoms with van der Waals surface area (Å²) in [6, 6.07) is 15.1. The van der Waals surface area contributed by atoms with E-state index < -0.39 is 30.8 Å². The van der Waals surface area contributed by atoms with E-state index in [0.29, 0.717) is 25.2 Å². The largest absolute Gasteiger partial charge is 0.494 e. The molecule has 2 aromatic rings. The van der Waals surface area contributed by atoms with Crippen LogP contribution < -0.4 is 14.8 Å². The standard InChI is InChI=1S/C26H33F3N2O6/c1-2-35-23(24(32)33)18-20-10-12-22(13-11-20)37-17-15-31(25(34)30-19-26(27,28)29)14-6-7-16-36-21-8-4-3-5-9-21/h3-5,8-13,23H,2,6-7,14-19H2,1H3,(H,30,34)(H,32,33). The van der Waals surface area contributed by atoms with Crippen LogP contribution in [0.15, 0.2) is 54.6 Å². The van der Waals surface area contributed by atoms with E-state index in [2.05, 4.69) is 0 Å². The predicted octanol–water partition coefficient (Wildman–Crippen LogP) is 4.53. The number of aliphatic carboxylic acids is 1. The summed E-state index contributed by atoms with van der Waals surface area (Å²) < 4.78 is 54.1. The first kappa shape index (κ1) is 29.8. The van der Waals surface area contributed by atoms with E-state index in [9.17, 15) is 27.9 Å². The van der Waals surface area contributed by atoms with Crippen LogP contribution in [-0.2, 0) is 16.0 Å². The molecule has 37 heavy (non-hydrogen) atoms. The number of carbonyl (C=O) groups is 2. The average Bonchev–Trinajstić information content (AvgIpc) is 2.86. The summed E-state index contributed by atoms with van der Waals surface area (Å²) in [6.45, 7) is 1.38. The molecule has 0 heterocycles. The highest BCUT2D eigenvalue weighted by Crippen LogP contribution is 2.16. The van der Waals surface area contributed by atoms with Gasteiger partial charge in [0.15, 0.2) is 6.10 Å². The van der Waals surface area contributed by atoms with E-state index in [1.165, 1.54) is 4.90 Å². The number of hydrogen-bond donors (Lipinski definition) is 2. The second-order valence-electron chi connectivity index (χ2n) is 8.11. The zero-order chi connectivity index (χ0) is 27.1. The first-order valence-electron chi connectivity index (χ1n) is 12.0. The van der Waals surface area contributed by atoms with Crippen molar-refractivity contribution in [3.63, 3.8) is 0 Å². The highest BCUT2D eigenvalue weighted by Gasteiger charge is 2.28. The minimum Gasteiger partial charge on any atom is -0.494 e. The lowest BCUT2D eigenvalue weighted by Crippen LogP contribution is -2.45. The molecule has 1 atom stereocenters. The molecule has 0 fully saturated rings. The lowest BCUT2D eigenvalue weighted by molar-refractivity contribution is -0.150. The fourth-order valence-electron chi connectivity index (χ4n) is 3.34. The van der Waals surface area contributed by atoms with Gasteiger partial charge in [-0.2, -0.15) is 13.2 Å². The smallest absolute Gasteiger partial charge is 0.405 e. The number of urea groups is 1. The summed E-state index contributed by atoms with van der Waals surface area (Å²) in [5.41, 5.74) is 0.749. The number of carboxylic acid groups (broad SMARTS) is 1. The van der Waals surface area contributed by atoms with Crippen LogP contribution in [0.1, 0.15) is 25.3 Å². The van der Waals surface area contributed by atoms with Crippen molar-refractivity contribution in [1.82, 2.24) is 10.2 Å². The Balaban J connectivity index is 1.83. The van der Waals surface area contributed by atoms with E-state index in [1.807, 2.05) is 35.6 Å². The molecular formula is C26H33F3N2O6. The Hall–Kier alpha value is -3.47. The van der Waals surface area contributed by atoms with Crippen molar-refractivity contribution in [3.05, 3.63) is 60.2 Å². The summed E-state index contributed by atoms with van der Waals surface area (Å²) >= 11 is 0. The van der Waals surface area contributed by atoms with Crippen LogP contribution in [0.3, 0.4) is 0 Å². The lowest BCUT2D eigenvalue weighted by atomic mass is 10.1. The van der Waals surface area contributed by atoms with E-state index >= 15 is 0 Å². The molecule has 2 N–H and O–H groups in total. The molecule has 2 rings (SSSR count). The Morgan fingerprint density at radius 1 is 0.946 bits per heavy atom. The molecule has 0 bridgehead atoms. The lowest BCUT2D eigenvalue weighted by Gasteiger charge is -2.23. The topological polar surface area (TPSA) is 97.3 Å². The molecule has 2 amide bonds. The number of unbranched alkanes of at least 4 members (excludes halogenated alkanes) is 1. The van der Waals surface area contributed by atoms with Gasteiger partial charge in [0.05, 0.1) is 13.2 Å². The molecule has 0 aliphatic heterocycles. The first-order valence-corrected chi connectivity index (χ1v) is 12.0. The number of rotatable bonds is 16. The number of nitrogens with zero attached hydrogens (tertiary/aromatic N) is 1. The van der Waals surface area contributed by atoms with Crippen molar-refractivity contribution in [2.24, 2.45) is 0 Å². The van der Waals surface area contributed by atoms with Crippen LogP contribution in [0.25, 0.3) is 0 Å². The van der Waals surface area contributed by atoms with E-state index in [4.69, 9.17) is 14.2 Å². The Morgan fingerprint density at radius 2 is 1.59 bits per heavy atom. The van der Waals surface area contributed by atoms with Gasteiger partial charge in [0.1, 0.15) is 24.7 Å². The third kappa shape index (κ3) is 12.4. The quantitative estimate of drug-likeness (QED) is 0.312. The molecule has 0 radical (unpaired) electrons. The zero-order valence-corrected chi connectivity index (χ0v) is 20.7. The number of benzene rings is 2. The molecular weight excluding hydrogens is 493 g/mol. The van der Waals surface area contributed by atoms with Gasteiger partial charge in [0, 0.05) is 19.6 Å². The van der Waals surface area contributed by atoms with Crippen LogP contribution in [0.4, 0.5) is 18.0 Å². The van der Waals surface area contributed by atoms with Crippen LogP contribution >= 0.6 is 0 Å². The molecule has 0 aliphatic carbocycles. The Morgan fingerprint density at radius 3 is 2.22 bits per heavy atom. The first-order chi connectivity index (χ1) is 17.7. The van der Waals surface area contributed by atoms with Crippen molar-refractivity contribution < 1.29 is 42.1 Å². The van der Waals surface area contributed by atoms with Gasteiger partial charge in [-0.15, -0.1) is 0 Å². The number of hydrogen-bond acceptors (Lipinski definition) is 5. The number of alkyl halides is 3. The number of para-hydroxylation sites is 1. The molecule has 0 aromatic heterocycles. The maximum absolute atomic E-state index is 12.6. The SMILES string of the molecule is CCOC(Cc1ccc(OCCN(CCCCOc2ccccc2)C(=O)NCC(F)(F)F)cc1)C(=O)O. The normalized spacial score (nSPS) is 12.0. The molecule has 204 valence electrons. The monoisotopic (exact) mass is 526 g/mol. The van der Waals surface area contributed by atoms with Gasteiger partial charge in [-0.3, -0.25) is 0 Å². The third-order valence-electron chi connectivity index (χ3n) is 5.18. The van der Waals surface area contributed by atoms with Crippen molar-refractivity contribution in [1.29, 1.82) is 0 Å². The second kappa shape index (κ2) is 15.6. The Bertz CT molecular complexity index is 942. The summed E-state index contributed by atoms with van der Waals surface area (Å²) in [7, 11) is 0. The van der Waals surface area contributed by atoms with Crippen molar-refractivity contribution in [2.45, 2.75) is 38.5 Å². The number of halogens is 3. The van der Waals surface area contributed by atoms with Crippen molar-refractivity contribution >= 4 is 12.0 Å². The fourth-order valence-corrected chi connectivity index (χ4v) is 3.34. The maximum atomic E-state index is 12.6.